The quantitative estimate of drug-likeness (QED) is 0.876. The zero-order chi connectivity index (χ0) is 13.3. The molecular weight excluding hydrogens is 234 g/mol. The molecule has 0 heterocycles. The summed E-state index contributed by atoms with van der Waals surface area (Å²) in [4.78, 5) is 0. The second kappa shape index (κ2) is 5.16. The van der Waals surface area contributed by atoms with Crippen LogP contribution >= 0.6 is 0 Å². The molecule has 3 rings (SSSR count). The Bertz CT molecular complexity index is 417. The van der Waals surface area contributed by atoms with Crippen LogP contribution in [-0.4, -0.2) is 12.1 Å². The van der Waals surface area contributed by atoms with Crippen LogP contribution in [-0.2, 0) is 0 Å². The molecule has 2 heteroatoms. The van der Waals surface area contributed by atoms with Crippen LogP contribution in [0.5, 0.6) is 5.75 Å². The minimum atomic E-state index is 0.265. The third-order valence-corrected chi connectivity index (χ3v) is 5.18. The second-order valence-electron chi connectivity index (χ2n) is 6.41. The Labute approximate surface area is 116 Å². The Hall–Kier alpha value is -1.02. The van der Waals surface area contributed by atoms with Gasteiger partial charge in [0.2, 0.25) is 0 Å². The lowest BCUT2D eigenvalue weighted by Gasteiger charge is -2.54. The molecule has 2 N–H and O–H groups in total. The Kier molecular flexibility index (Phi) is 3.53. The van der Waals surface area contributed by atoms with Gasteiger partial charge in [0, 0.05) is 17.9 Å². The van der Waals surface area contributed by atoms with E-state index >= 15 is 0 Å². The van der Waals surface area contributed by atoms with E-state index in [2.05, 4.69) is 31.2 Å². The molecule has 1 spiro atoms. The van der Waals surface area contributed by atoms with Gasteiger partial charge >= 0.3 is 0 Å². The number of nitrogens with two attached hydrogens (primary N) is 1. The van der Waals surface area contributed by atoms with Gasteiger partial charge < -0.3 is 10.5 Å². The minimum Gasteiger partial charge on any atom is -0.490 e. The maximum Gasteiger partial charge on any atom is 0.119 e. The molecule has 0 bridgehead atoms. The van der Waals surface area contributed by atoms with Gasteiger partial charge in [-0.2, -0.15) is 0 Å². The lowest BCUT2D eigenvalue weighted by atomic mass is 9.58. The molecule has 2 atom stereocenters. The van der Waals surface area contributed by atoms with Crippen LogP contribution < -0.4 is 10.5 Å². The predicted octanol–water partition coefficient (Wildman–Crippen LogP) is 3.81. The van der Waals surface area contributed by atoms with Crippen molar-refractivity contribution < 1.29 is 4.74 Å². The van der Waals surface area contributed by atoms with Crippen LogP contribution in [0.3, 0.4) is 0 Å². The number of ether oxygens (including phenoxy) is 1. The highest BCUT2D eigenvalue weighted by Gasteiger charge is 2.54. The van der Waals surface area contributed by atoms with Crippen molar-refractivity contribution in [2.24, 2.45) is 11.1 Å². The third kappa shape index (κ3) is 2.38. The predicted molar refractivity (Wildman–Crippen MR) is 78.3 cm³/mol. The van der Waals surface area contributed by atoms with E-state index < -0.39 is 0 Å². The van der Waals surface area contributed by atoms with Crippen LogP contribution in [0.4, 0.5) is 0 Å². The Morgan fingerprint density at radius 3 is 2.26 bits per heavy atom. The zero-order valence-electron chi connectivity index (χ0n) is 11.9. The van der Waals surface area contributed by atoms with Crippen molar-refractivity contribution in [1.29, 1.82) is 0 Å². The highest BCUT2D eigenvalue weighted by molar-refractivity contribution is 5.27. The van der Waals surface area contributed by atoms with Gasteiger partial charge in [-0.25, -0.2) is 0 Å². The fourth-order valence-corrected chi connectivity index (χ4v) is 3.80. The summed E-state index contributed by atoms with van der Waals surface area (Å²) in [5.41, 5.74) is 7.89. The molecule has 2 nitrogen and oxygen atoms in total. The Balaban J connectivity index is 1.72. The highest BCUT2D eigenvalue weighted by Crippen LogP contribution is 2.51. The monoisotopic (exact) mass is 259 g/mol. The van der Waals surface area contributed by atoms with Crippen LogP contribution in [0.1, 0.15) is 50.5 Å². The fraction of sp³-hybridized carbons (Fsp3) is 0.647. The lowest BCUT2D eigenvalue weighted by Crippen LogP contribution is -2.63. The summed E-state index contributed by atoms with van der Waals surface area (Å²) in [6, 6.07) is 8.76. The zero-order valence-corrected chi connectivity index (χ0v) is 11.9. The van der Waals surface area contributed by atoms with Gasteiger partial charge in [-0.15, -0.1) is 0 Å². The van der Waals surface area contributed by atoms with E-state index in [0.29, 0.717) is 12.1 Å². The number of hydrogen-bond donors (Lipinski definition) is 1. The number of hydrogen-bond acceptors (Lipinski definition) is 2. The number of benzene rings is 1. The smallest absolute Gasteiger partial charge is 0.119 e. The molecule has 0 radical (unpaired) electrons. The molecule has 0 saturated heterocycles. The molecule has 2 saturated carbocycles. The van der Waals surface area contributed by atoms with E-state index in [9.17, 15) is 0 Å². The molecule has 104 valence electrons. The molecule has 2 aliphatic rings. The molecule has 1 aromatic rings. The van der Waals surface area contributed by atoms with Gasteiger partial charge in [-0.1, -0.05) is 43.4 Å². The molecule has 2 unspecified atom stereocenters. The van der Waals surface area contributed by atoms with Gasteiger partial charge in [0.25, 0.3) is 0 Å². The van der Waals surface area contributed by atoms with E-state index in [-0.39, 0.29) is 5.41 Å². The summed E-state index contributed by atoms with van der Waals surface area (Å²) in [5, 5.41) is 0. The molecule has 2 aliphatic carbocycles. The minimum absolute atomic E-state index is 0.265. The van der Waals surface area contributed by atoms with Crippen LogP contribution in [0, 0.1) is 12.3 Å². The summed E-state index contributed by atoms with van der Waals surface area (Å²) in [7, 11) is 0. The van der Waals surface area contributed by atoms with Crippen LogP contribution in [0.2, 0.25) is 0 Å². The molecule has 0 amide bonds. The Morgan fingerprint density at radius 2 is 1.68 bits per heavy atom. The highest BCUT2D eigenvalue weighted by atomic mass is 16.5. The average Bonchev–Trinajstić information content (AvgIpc) is 2.68. The van der Waals surface area contributed by atoms with Crippen molar-refractivity contribution in [2.45, 2.75) is 64.0 Å². The maximum atomic E-state index is 6.35. The summed E-state index contributed by atoms with van der Waals surface area (Å²) >= 11 is 0. The lowest BCUT2D eigenvalue weighted by molar-refractivity contribution is -0.0770. The normalized spacial score (nSPS) is 29.6. The average molecular weight is 259 g/mol. The third-order valence-electron chi connectivity index (χ3n) is 5.18. The second-order valence-corrected chi connectivity index (χ2v) is 6.41. The molecule has 2 fully saturated rings. The van der Waals surface area contributed by atoms with Gasteiger partial charge in [-0.3, -0.25) is 0 Å². The number of rotatable bonds is 2. The van der Waals surface area contributed by atoms with E-state index in [0.717, 1.165) is 12.2 Å². The topological polar surface area (TPSA) is 35.2 Å². The SMILES string of the molecule is Cc1ccc(OC2CC(N)C23CCCCCC3)cc1. The molecule has 0 aliphatic heterocycles. The first-order chi connectivity index (χ1) is 9.21. The van der Waals surface area contributed by atoms with E-state index in [4.69, 9.17) is 10.5 Å². The maximum absolute atomic E-state index is 6.35. The summed E-state index contributed by atoms with van der Waals surface area (Å²) in [6.45, 7) is 2.11. The van der Waals surface area contributed by atoms with Crippen molar-refractivity contribution in [1.82, 2.24) is 0 Å². The summed E-state index contributed by atoms with van der Waals surface area (Å²) < 4.78 is 6.24. The Morgan fingerprint density at radius 1 is 1.05 bits per heavy atom. The van der Waals surface area contributed by atoms with Gasteiger partial charge in [0.05, 0.1) is 0 Å². The van der Waals surface area contributed by atoms with Gasteiger partial charge in [0.1, 0.15) is 11.9 Å². The van der Waals surface area contributed by atoms with Gasteiger partial charge in [0.15, 0.2) is 0 Å². The van der Waals surface area contributed by atoms with Crippen molar-refractivity contribution >= 4 is 0 Å². The van der Waals surface area contributed by atoms with Crippen molar-refractivity contribution in [3.63, 3.8) is 0 Å². The molecule has 1 aromatic carbocycles. The standard InChI is InChI=1S/C17H25NO/c1-13-6-8-14(9-7-13)19-16-12-15(18)17(16)10-4-2-3-5-11-17/h6-9,15-16H,2-5,10-12,18H2,1H3. The first-order valence-electron chi connectivity index (χ1n) is 7.70. The number of aryl methyl sites for hydroxylation is 1. The van der Waals surface area contributed by atoms with E-state index in [1.54, 1.807) is 0 Å². The summed E-state index contributed by atoms with van der Waals surface area (Å²) in [5.74, 6) is 1.01. The van der Waals surface area contributed by atoms with Crippen LogP contribution in [0.25, 0.3) is 0 Å². The molecular formula is C17H25NO. The van der Waals surface area contributed by atoms with Crippen molar-refractivity contribution in [3.8, 4) is 5.75 Å². The first kappa shape index (κ1) is 13.0. The largest absolute Gasteiger partial charge is 0.490 e. The molecule has 0 aromatic heterocycles. The summed E-state index contributed by atoms with van der Waals surface area (Å²) in [6.07, 6.45) is 9.24. The van der Waals surface area contributed by atoms with E-state index in [1.807, 2.05) is 0 Å². The molecule has 19 heavy (non-hydrogen) atoms. The van der Waals surface area contributed by atoms with Crippen LogP contribution in [0.15, 0.2) is 24.3 Å². The van der Waals surface area contributed by atoms with Gasteiger partial charge in [-0.05, 0) is 31.9 Å². The van der Waals surface area contributed by atoms with E-state index in [1.165, 1.54) is 44.1 Å². The first-order valence-corrected chi connectivity index (χ1v) is 7.70. The van der Waals surface area contributed by atoms with Crippen molar-refractivity contribution in [3.05, 3.63) is 29.8 Å². The fourth-order valence-electron chi connectivity index (χ4n) is 3.80. The van der Waals surface area contributed by atoms with Crippen molar-refractivity contribution in [2.75, 3.05) is 0 Å².